The molecule has 1 aliphatic rings. The van der Waals surface area contributed by atoms with Gasteiger partial charge in [-0.3, -0.25) is 0 Å². The Morgan fingerprint density at radius 1 is 1.14 bits per heavy atom. The normalized spacial score (nSPS) is 14.2. The predicted molar refractivity (Wildman–Crippen MR) is 86.7 cm³/mol. The lowest BCUT2D eigenvalue weighted by Gasteiger charge is -2.21. The van der Waals surface area contributed by atoms with E-state index in [0.717, 1.165) is 6.42 Å². The van der Waals surface area contributed by atoms with Gasteiger partial charge in [0.15, 0.2) is 0 Å². The Morgan fingerprint density at radius 2 is 1.68 bits per heavy atom. The minimum atomic E-state index is -0.729. The molecule has 0 heterocycles. The number of fused-ring (bicyclic) bond motifs is 3. The summed E-state index contributed by atoms with van der Waals surface area (Å²) < 4.78 is 4.96. The van der Waals surface area contributed by atoms with Crippen LogP contribution >= 0.6 is 0 Å². The molecule has 4 nitrogen and oxygen atoms in total. The highest BCUT2D eigenvalue weighted by Gasteiger charge is 2.29. The molecular formula is C18H20N2O2. The topological polar surface area (TPSA) is 64.3 Å². The van der Waals surface area contributed by atoms with Crippen LogP contribution in [-0.4, -0.2) is 25.8 Å². The first kappa shape index (κ1) is 14.6. The van der Waals surface area contributed by atoms with Crippen LogP contribution in [0, 0.1) is 0 Å². The van der Waals surface area contributed by atoms with Gasteiger partial charge in [-0.25, -0.2) is 4.79 Å². The molecule has 2 aromatic rings. The van der Waals surface area contributed by atoms with Crippen molar-refractivity contribution < 1.29 is 9.53 Å². The largest absolute Gasteiger partial charge is 0.448 e. The second kappa shape index (κ2) is 6.20. The molecule has 1 unspecified atom stereocenters. The summed E-state index contributed by atoms with van der Waals surface area (Å²) >= 11 is 0. The lowest BCUT2D eigenvalue weighted by Crippen LogP contribution is -2.34. The fourth-order valence-electron chi connectivity index (χ4n) is 3.25. The molecule has 3 rings (SSSR count). The number of amides is 1. The van der Waals surface area contributed by atoms with Gasteiger partial charge in [0, 0.05) is 12.0 Å². The maximum absolute atomic E-state index is 10.8. The highest BCUT2D eigenvalue weighted by atomic mass is 16.5. The molecular weight excluding hydrogens is 276 g/mol. The first-order chi connectivity index (χ1) is 10.7. The zero-order valence-electron chi connectivity index (χ0n) is 12.6. The third kappa shape index (κ3) is 2.70. The van der Waals surface area contributed by atoms with E-state index in [0.29, 0.717) is 5.92 Å². The first-order valence-electron chi connectivity index (χ1n) is 7.48. The molecule has 4 heteroatoms. The van der Waals surface area contributed by atoms with Crippen molar-refractivity contribution in [3.8, 4) is 11.1 Å². The van der Waals surface area contributed by atoms with Gasteiger partial charge in [-0.1, -0.05) is 48.5 Å². The van der Waals surface area contributed by atoms with Gasteiger partial charge in [0.2, 0.25) is 0 Å². The molecule has 0 bridgehead atoms. The number of primary amides is 1. The van der Waals surface area contributed by atoms with Crippen LogP contribution in [0.2, 0.25) is 0 Å². The van der Waals surface area contributed by atoms with E-state index in [-0.39, 0.29) is 12.6 Å². The van der Waals surface area contributed by atoms with Crippen molar-refractivity contribution in [1.29, 1.82) is 0 Å². The van der Waals surface area contributed by atoms with Crippen molar-refractivity contribution in [2.45, 2.75) is 18.4 Å². The van der Waals surface area contributed by atoms with Crippen LogP contribution in [0.1, 0.15) is 23.5 Å². The molecule has 0 spiro atoms. The highest BCUT2D eigenvalue weighted by Crippen LogP contribution is 2.46. The van der Waals surface area contributed by atoms with Crippen LogP contribution in [0.25, 0.3) is 11.1 Å². The van der Waals surface area contributed by atoms with E-state index in [4.69, 9.17) is 10.5 Å². The standard InChI is InChI=1S/C18H20N2O2/c1-20-12(11-22-18(19)21)10-17-15-8-4-2-6-13(15)14-7-3-5-9-16(14)17/h2-9,12,17,20H,10-11H2,1H3,(H2,19,21). The van der Waals surface area contributed by atoms with Crippen LogP contribution in [0.15, 0.2) is 48.5 Å². The van der Waals surface area contributed by atoms with Crippen molar-refractivity contribution in [1.82, 2.24) is 5.32 Å². The third-order valence-electron chi connectivity index (χ3n) is 4.32. The third-order valence-corrected chi connectivity index (χ3v) is 4.32. The summed E-state index contributed by atoms with van der Waals surface area (Å²) in [6.07, 6.45) is 0.130. The van der Waals surface area contributed by atoms with Crippen LogP contribution in [0.5, 0.6) is 0 Å². The molecule has 0 fully saturated rings. The number of benzene rings is 2. The van der Waals surface area contributed by atoms with E-state index < -0.39 is 6.09 Å². The summed E-state index contributed by atoms with van der Waals surface area (Å²) in [4.78, 5) is 10.8. The zero-order chi connectivity index (χ0) is 15.5. The van der Waals surface area contributed by atoms with Crippen LogP contribution in [0.3, 0.4) is 0 Å². The lowest BCUT2D eigenvalue weighted by molar-refractivity contribution is 0.142. The number of carbonyl (C=O) groups excluding carboxylic acids is 1. The van der Waals surface area contributed by atoms with E-state index >= 15 is 0 Å². The second-order valence-corrected chi connectivity index (χ2v) is 5.58. The summed E-state index contributed by atoms with van der Waals surface area (Å²) in [5.74, 6) is 0.307. The Balaban J connectivity index is 1.88. The maximum atomic E-state index is 10.8. The summed E-state index contributed by atoms with van der Waals surface area (Å²) in [5.41, 5.74) is 10.3. The summed E-state index contributed by atoms with van der Waals surface area (Å²) in [6.45, 7) is 0.284. The van der Waals surface area contributed by atoms with E-state index in [9.17, 15) is 4.79 Å². The SMILES string of the molecule is CNC(COC(N)=O)CC1c2ccccc2-c2ccccc21. The predicted octanol–water partition coefficient (Wildman–Crippen LogP) is 2.87. The fraction of sp³-hybridized carbons (Fsp3) is 0.278. The van der Waals surface area contributed by atoms with Crippen molar-refractivity contribution in [2.24, 2.45) is 5.73 Å². The van der Waals surface area contributed by atoms with E-state index in [1.54, 1.807) is 0 Å². The number of hydrogen-bond donors (Lipinski definition) is 2. The summed E-state index contributed by atoms with van der Waals surface area (Å²) in [5, 5.41) is 3.21. The number of rotatable bonds is 5. The average molecular weight is 296 g/mol. The minimum Gasteiger partial charge on any atom is -0.448 e. The second-order valence-electron chi connectivity index (χ2n) is 5.58. The fourth-order valence-corrected chi connectivity index (χ4v) is 3.25. The minimum absolute atomic E-state index is 0.0664. The number of hydrogen-bond acceptors (Lipinski definition) is 3. The van der Waals surface area contributed by atoms with Gasteiger partial charge in [-0.2, -0.15) is 0 Å². The molecule has 114 valence electrons. The number of ether oxygens (including phenoxy) is 1. The van der Waals surface area contributed by atoms with Gasteiger partial charge >= 0.3 is 6.09 Å². The Hall–Kier alpha value is -2.33. The highest BCUT2D eigenvalue weighted by molar-refractivity contribution is 5.78. The molecule has 0 aliphatic heterocycles. The molecule has 2 aromatic carbocycles. The van der Waals surface area contributed by atoms with Crippen LogP contribution in [0.4, 0.5) is 4.79 Å². The monoisotopic (exact) mass is 296 g/mol. The molecule has 3 N–H and O–H groups in total. The Kier molecular flexibility index (Phi) is 4.11. The molecule has 1 amide bonds. The average Bonchev–Trinajstić information content (AvgIpc) is 2.85. The van der Waals surface area contributed by atoms with Crippen molar-refractivity contribution in [2.75, 3.05) is 13.7 Å². The van der Waals surface area contributed by atoms with Gasteiger partial charge in [0.05, 0.1) is 0 Å². The molecule has 0 saturated carbocycles. The van der Waals surface area contributed by atoms with Crippen LogP contribution < -0.4 is 11.1 Å². The molecule has 1 atom stereocenters. The first-order valence-corrected chi connectivity index (χ1v) is 7.48. The van der Waals surface area contributed by atoms with Gasteiger partial charge in [0.25, 0.3) is 0 Å². The van der Waals surface area contributed by atoms with Gasteiger partial charge in [-0.15, -0.1) is 0 Å². The van der Waals surface area contributed by atoms with Crippen LogP contribution in [-0.2, 0) is 4.74 Å². The van der Waals surface area contributed by atoms with Gasteiger partial charge in [-0.05, 0) is 35.7 Å². The van der Waals surface area contributed by atoms with Gasteiger partial charge < -0.3 is 15.8 Å². The molecule has 22 heavy (non-hydrogen) atoms. The lowest BCUT2D eigenvalue weighted by atomic mass is 9.90. The summed E-state index contributed by atoms with van der Waals surface area (Å²) in [7, 11) is 1.88. The smallest absolute Gasteiger partial charge is 0.404 e. The van der Waals surface area contributed by atoms with Gasteiger partial charge in [0.1, 0.15) is 6.61 Å². The summed E-state index contributed by atoms with van der Waals surface area (Å²) in [6, 6.07) is 17.1. The van der Waals surface area contributed by atoms with Crippen molar-refractivity contribution >= 4 is 6.09 Å². The van der Waals surface area contributed by atoms with Crippen molar-refractivity contribution in [3.63, 3.8) is 0 Å². The molecule has 0 saturated heterocycles. The Morgan fingerprint density at radius 3 is 2.18 bits per heavy atom. The van der Waals surface area contributed by atoms with E-state index in [2.05, 4.69) is 53.8 Å². The maximum Gasteiger partial charge on any atom is 0.404 e. The van der Waals surface area contributed by atoms with Crippen molar-refractivity contribution in [3.05, 3.63) is 59.7 Å². The van der Waals surface area contributed by atoms with E-state index in [1.807, 2.05) is 7.05 Å². The quantitative estimate of drug-likeness (QED) is 0.891. The number of nitrogens with two attached hydrogens (primary N) is 1. The van der Waals surface area contributed by atoms with E-state index in [1.165, 1.54) is 22.3 Å². The number of likely N-dealkylation sites (N-methyl/N-ethyl adjacent to an activating group) is 1. The molecule has 0 aromatic heterocycles. The Labute approximate surface area is 130 Å². The number of nitrogens with one attached hydrogen (secondary N) is 1. The molecule has 1 aliphatic carbocycles. The molecule has 0 radical (unpaired) electrons. The zero-order valence-corrected chi connectivity index (χ0v) is 12.6. The number of carbonyl (C=O) groups is 1. The Bertz CT molecular complexity index is 639.